The van der Waals surface area contributed by atoms with E-state index in [9.17, 15) is 0 Å². The van der Waals surface area contributed by atoms with Crippen LogP contribution in [0.15, 0.2) is 6.20 Å². The molecule has 0 atom stereocenters. The predicted octanol–water partition coefficient (Wildman–Crippen LogP) is 2.16. The van der Waals surface area contributed by atoms with Gasteiger partial charge in [0.15, 0.2) is 0 Å². The summed E-state index contributed by atoms with van der Waals surface area (Å²) in [5.41, 5.74) is 1.15. The molecular formula is C10H19N3S. The predicted molar refractivity (Wildman–Crippen MR) is 62.4 cm³/mol. The summed E-state index contributed by atoms with van der Waals surface area (Å²) in [6.07, 6.45) is 1.90. The highest BCUT2D eigenvalue weighted by Gasteiger charge is 2.11. The lowest BCUT2D eigenvalue weighted by atomic mass is 10.3. The van der Waals surface area contributed by atoms with Crippen molar-refractivity contribution < 1.29 is 0 Å². The van der Waals surface area contributed by atoms with Crippen LogP contribution in [0.1, 0.15) is 32.3 Å². The van der Waals surface area contributed by atoms with E-state index in [0.29, 0.717) is 4.75 Å². The van der Waals surface area contributed by atoms with Gasteiger partial charge in [0.2, 0.25) is 0 Å². The van der Waals surface area contributed by atoms with E-state index >= 15 is 0 Å². The second-order valence-electron chi connectivity index (χ2n) is 4.29. The van der Waals surface area contributed by atoms with Crippen LogP contribution in [0.2, 0.25) is 0 Å². The number of thioether (sulfide) groups is 1. The fourth-order valence-electron chi connectivity index (χ4n) is 1.04. The van der Waals surface area contributed by atoms with E-state index in [4.69, 9.17) is 0 Å². The monoisotopic (exact) mass is 213 g/mol. The first-order chi connectivity index (χ1) is 6.51. The topological polar surface area (TPSA) is 40.7 Å². The first kappa shape index (κ1) is 11.6. The Kier molecular flexibility index (Phi) is 4.01. The molecule has 1 heterocycles. The van der Waals surface area contributed by atoms with Crippen molar-refractivity contribution in [1.82, 2.24) is 15.3 Å². The van der Waals surface area contributed by atoms with Crippen LogP contribution in [0.5, 0.6) is 0 Å². The number of rotatable bonds is 4. The Balaban J connectivity index is 2.44. The minimum absolute atomic E-state index is 0.302. The molecule has 2 N–H and O–H groups in total. The van der Waals surface area contributed by atoms with Crippen LogP contribution in [0.3, 0.4) is 0 Å². The number of hydrogen-bond donors (Lipinski definition) is 2. The third-order valence-corrected chi connectivity index (χ3v) is 2.97. The molecule has 0 aliphatic heterocycles. The van der Waals surface area contributed by atoms with Crippen LogP contribution < -0.4 is 5.32 Å². The fourth-order valence-corrected chi connectivity index (χ4v) is 1.76. The summed E-state index contributed by atoms with van der Waals surface area (Å²) < 4.78 is 0.302. The number of aromatic nitrogens is 2. The van der Waals surface area contributed by atoms with Crippen LogP contribution in [0, 0.1) is 0 Å². The lowest BCUT2D eigenvalue weighted by Gasteiger charge is -2.16. The molecule has 1 aromatic heterocycles. The third kappa shape index (κ3) is 4.15. The van der Waals surface area contributed by atoms with Crippen LogP contribution in [0.25, 0.3) is 0 Å². The summed E-state index contributed by atoms with van der Waals surface area (Å²) >= 11 is 1.90. The van der Waals surface area contributed by atoms with E-state index in [2.05, 4.69) is 36.1 Å². The summed E-state index contributed by atoms with van der Waals surface area (Å²) in [4.78, 5) is 7.61. The van der Waals surface area contributed by atoms with Crippen LogP contribution in [0.4, 0.5) is 0 Å². The van der Waals surface area contributed by atoms with Gasteiger partial charge in [-0.25, -0.2) is 4.98 Å². The van der Waals surface area contributed by atoms with Gasteiger partial charge in [-0.05, 0) is 7.05 Å². The van der Waals surface area contributed by atoms with Gasteiger partial charge < -0.3 is 10.3 Å². The molecular weight excluding hydrogens is 194 g/mol. The SMILES string of the molecule is CNCc1cnc(CSC(C)(C)C)[nH]1. The molecule has 0 spiro atoms. The van der Waals surface area contributed by atoms with E-state index in [0.717, 1.165) is 23.8 Å². The van der Waals surface area contributed by atoms with E-state index in [-0.39, 0.29) is 0 Å². The van der Waals surface area contributed by atoms with Gasteiger partial charge in [-0.15, -0.1) is 11.8 Å². The Bertz CT molecular complexity index is 275. The normalized spacial score (nSPS) is 12.0. The molecule has 0 aromatic carbocycles. The zero-order valence-electron chi connectivity index (χ0n) is 9.35. The number of nitrogens with zero attached hydrogens (tertiary/aromatic N) is 1. The molecule has 3 nitrogen and oxygen atoms in total. The fraction of sp³-hybridized carbons (Fsp3) is 0.700. The Labute approximate surface area is 90.1 Å². The summed E-state index contributed by atoms with van der Waals surface area (Å²) in [6.45, 7) is 7.51. The Morgan fingerprint density at radius 1 is 1.50 bits per heavy atom. The van der Waals surface area contributed by atoms with E-state index in [1.807, 2.05) is 25.0 Å². The maximum Gasteiger partial charge on any atom is 0.116 e. The minimum atomic E-state index is 0.302. The zero-order chi connectivity index (χ0) is 10.6. The van der Waals surface area contributed by atoms with Gasteiger partial charge in [0.25, 0.3) is 0 Å². The van der Waals surface area contributed by atoms with Crippen LogP contribution in [-0.4, -0.2) is 21.8 Å². The third-order valence-electron chi connectivity index (χ3n) is 1.69. The Hall–Kier alpha value is -0.480. The molecule has 0 radical (unpaired) electrons. The van der Waals surface area contributed by atoms with E-state index in [1.165, 1.54) is 0 Å². The highest BCUT2D eigenvalue weighted by atomic mass is 32.2. The molecule has 1 aromatic rings. The molecule has 0 unspecified atom stereocenters. The number of aromatic amines is 1. The Morgan fingerprint density at radius 3 is 2.79 bits per heavy atom. The minimum Gasteiger partial charge on any atom is -0.344 e. The van der Waals surface area contributed by atoms with Crippen molar-refractivity contribution in [2.24, 2.45) is 0 Å². The molecule has 14 heavy (non-hydrogen) atoms. The smallest absolute Gasteiger partial charge is 0.116 e. The zero-order valence-corrected chi connectivity index (χ0v) is 10.2. The second kappa shape index (κ2) is 4.84. The van der Waals surface area contributed by atoms with Crippen molar-refractivity contribution in [3.8, 4) is 0 Å². The van der Waals surface area contributed by atoms with Gasteiger partial charge in [0, 0.05) is 23.2 Å². The van der Waals surface area contributed by atoms with Crippen LogP contribution in [-0.2, 0) is 12.3 Å². The van der Waals surface area contributed by atoms with Gasteiger partial charge in [0.1, 0.15) is 5.82 Å². The summed E-state index contributed by atoms with van der Waals surface area (Å²) in [6, 6.07) is 0. The van der Waals surface area contributed by atoms with Crippen LogP contribution >= 0.6 is 11.8 Å². The number of imidazole rings is 1. The molecule has 0 fully saturated rings. The molecule has 4 heteroatoms. The number of H-pyrrole nitrogens is 1. The Morgan fingerprint density at radius 2 is 2.21 bits per heavy atom. The second-order valence-corrected chi connectivity index (χ2v) is 6.09. The average Bonchev–Trinajstić information content (AvgIpc) is 2.49. The average molecular weight is 213 g/mol. The van der Waals surface area contributed by atoms with Crippen molar-refractivity contribution in [3.05, 3.63) is 17.7 Å². The van der Waals surface area contributed by atoms with Gasteiger partial charge in [-0.2, -0.15) is 0 Å². The first-order valence-corrected chi connectivity index (χ1v) is 5.81. The van der Waals surface area contributed by atoms with Crippen molar-refractivity contribution in [2.45, 2.75) is 37.8 Å². The molecule has 0 amide bonds. The van der Waals surface area contributed by atoms with Gasteiger partial charge in [0.05, 0.1) is 5.75 Å². The maximum absolute atomic E-state index is 4.32. The first-order valence-electron chi connectivity index (χ1n) is 4.82. The molecule has 0 aliphatic rings. The van der Waals surface area contributed by atoms with E-state index < -0.39 is 0 Å². The van der Waals surface area contributed by atoms with Gasteiger partial charge >= 0.3 is 0 Å². The van der Waals surface area contributed by atoms with Crippen molar-refractivity contribution in [1.29, 1.82) is 0 Å². The van der Waals surface area contributed by atoms with E-state index in [1.54, 1.807) is 0 Å². The lowest BCUT2D eigenvalue weighted by molar-refractivity contribution is 0.791. The molecule has 0 saturated carbocycles. The standard InChI is InChI=1S/C10H19N3S/c1-10(2,3)14-7-9-12-6-8(13-9)5-11-4/h6,11H,5,7H2,1-4H3,(H,12,13). The summed E-state index contributed by atoms with van der Waals surface area (Å²) in [5.74, 6) is 2.02. The van der Waals surface area contributed by atoms with Crippen molar-refractivity contribution >= 4 is 11.8 Å². The molecule has 80 valence electrons. The quantitative estimate of drug-likeness (QED) is 0.805. The molecule has 0 aliphatic carbocycles. The molecule has 1 rings (SSSR count). The van der Waals surface area contributed by atoms with Gasteiger partial charge in [-0.1, -0.05) is 20.8 Å². The summed E-state index contributed by atoms with van der Waals surface area (Å²) in [7, 11) is 1.93. The van der Waals surface area contributed by atoms with Gasteiger partial charge in [-0.3, -0.25) is 0 Å². The highest BCUT2D eigenvalue weighted by molar-refractivity contribution is 7.99. The molecule has 0 bridgehead atoms. The highest BCUT2D eigenvalue weighted by Crippen LogP contribution is 2.25. The maximum atomic E-state index is 4.32. The number of hydrogen-bond acceptors (Lipinski definition) is 3. The largest absolute Gasteiger partial charge is 0.344 e. The lowest BCUT2D eigenvalue weighted by Crippen LogP contribution is -2.08. The molecule has 0 saturated heterocycles. The van der Waals surface area contributed by atoms with Crippen molar-refractivity contribution in [3.63, 3.8) is 0 Å². The number of nitrogens with one attached hydrogen (secondary N) is 2. The summed E-state index contributed by atoms with van der Waals surface area (Å²) in [5, 5.41) is 3.09. The van der Waals surface area contributed by atoms with Crippen molar-refractivity contribution in [2.75, 3.05) is 7.05 Å².